The summed E-state index contributed by atoms with van der Waals surface area (Å²) >= 11 is 0. The molecular weight excluding hydrogens is 310 g/mol. The van der Waals surface area contributed by atoms with Gasteiger partial charge >= 0.3 is 6.03 Å². The lowest BCUT2D eigenvalue weighted by atomic mass is 10.1. The van der Waals surface area contributed by atoms with Crippen molar-refractivity contribution in [3.05, 3.63) is 65.7 Å². The Balaban J connectivity index is 1.38. The van der Waals surface area contributed by atoms with Gasteiger partial charge in [0.15, 0.2) is 0 Å². The third-order valence-corrected chi connectivity index (χ3v) is 4.71. The molecule has 1 saturated heterocycles. The maximum Gasteiger partial charge on any atom is 0.321 e. The zero-order chi connectivity index (χ0) is 17.5. The highest BCUT2D eigenvalue weighted by Crippen LogP contribution is 2.12. The summed E-state index contributed by atoms with van der Waals surface area (Å²) in [6.07, 6.45) is 2.29. The van der Waals surface area contributed by atoms with E-state index in [9.17, 15) is 4.79 Å². The molecule has 1 aliphatic heterocycles. The van der Waals surface area contributed by atoms with Crippen LogP contribution >= 0.6 is 0 Å². The van der Waals surface area contributed by atoms with E-state index in [1.165, 1.54) is 12.0 Å². The third kappa shape index (κ3) is 5.33. The first-order valence-electron chi connectivity index (χ1n) is 9.09. The molecule has 25 heavy (non-hydrogen) atoms. The van der Waals surface area contributed by atoms with Crippen LogP contribution in [0.5, 0.6) is 0 Å². The standard InChI is InChI=1S/C21H27N3O/c1-18-7-5-11-20(17-18)22-21(25)24-15-13-23(14-16-24)12-6-10-19-8-3-2-4-9-19/h2-5,7-9,11,17H,6,10,12-16H2,1H3,(H,22,25). The highest BCUT2D eigenvalue weighted by molar-refractivity contribution is 5.89. The van der Waals surface area contributed by atoms with Crippen molar-refractivity contribution < 1.29 is 4.79 Å². The first-order valence-corrected chi connectivity index (χ1v) is 9.09. The van der Waals surface area contributed by atoms with Crippen LogP contribution in [0.3, 0.4) is 0 Å². The van der Waals surface area contributed by atoms with E-state index in [0.717, 1.165) is 50.4 Å². The molecule has 1 fully saturated rings. The van der Waals surface area contributed by atoms with Crippen LogP contribution in [0.1, 0.15) is 17.5 Å². The zero-order valence-electron chi connectivity index (χ0n) is 14.9. The van der Waals surface area contributed by atoms with Crippen LogP contribution in [0.25, 0.3) is 0 Å². The summed E-state index contributed by atoms with van der Waals surface area (Å²) in [5.41, 5.74) is 3.43. The number of hydrogen-bond acceptors (Lipinski definition) is 2. The molecule has 132 valence electrons. The Morgan fingerprint density at radius 2 is 1.76 bits per heavy atom. The minimum absolute atomic E-state index is 0.00883. The largest absolute Gasteiger partial charge is 0.322 e. The number of hydrogen-bond donors (Lipinski definition) is 1. The van der Waals surface area contributed by atoms with E-state index in [-0.39, 0.29) is 6.03 Å². The molecule has 1 N–H and O–H groups in total. The Morgan fingerprint density at radius 3 is 2.48 bits per heavy atom. The normalized spacial score (nSPS) is 15.2. The van der Waals surface area contributed by atoms with E-state index >= 15 is 0 Å². The van der Waals surface area contributed by atoms with E-state index in [2.05, 4.69) is 40.5 Å². The topological polar surface area (TPSA) is 35.6 Å². The molecular formula is C21H27N3O. The van der Waals surface area contributed by atoms with Crippen LogP contribution in [0.15, 0.2) is 54.6 Å². The number of piperazine rings is 1. The van der Waals surface area contributed by atoms with Crippen LogP contribution in [0, 0.1) is 6.92 Å². The Labute approximate surface area is 150 Å². The lowest BCUT2D eigenvalue weighted by molar-refractivity contribution is 0.146. The Morgan fingerprint density at radius 1 is 1.00 bits per heavy atom. The van der Waals surface area contributed by atoms with Gasteiger partial charge in [0.05, 0.1) is 0 Å². The molecule has 2 aromatic rings. The van der Waals surface area contributed by atoms with Gasteiger partial charge in [0.1, 0.15) is 0 Å². The molecule has 2 amide bonds. The summed E-state index contributed by atoms with van der Waals surface area (Å²) in [6, 6.07) is 18.6. The van der Waals surface area contributed by atoms with Crippen molar-refractivity contribution in [1.29, 1.82) is 0 Å². The number of nitrogens with zero attached hydrogens (tertiary/aromatic N) is 2. The summed E-state index contributed by atoms with van der Waals surface area (Å²) < 4.78 is 0. The minimum atomic E-state index is 0.00883. The fourth-order valence-electron chi connectivity index (χ4n) is 3.25. The van der Waals surface area contributed by atoms with Crippen molar-refractivity contribution in [2.24, 2.45) is 0 Å². The monoisotopic (exact) mass is 337 g/mol. The molecule has 2 aromatic carbocycles. The number of carbonyl (C=O) groups is 1. The van der Waals surface area contributed by atoms with Crippen molar-refractivity contribution >= 4 is 11.7 Å². The van der Waals surface area contributed by atoms with E-state index in [0.29, 0.717) is 0 Å². The maximum atomic E-state index is 12.4. The Kier molecular flexibility index (Phi) is 6.07. The number of urea groups is 1. The van der Waals surface area contributed by atoms with Gasteiger partial charge in [0.25, 0.3) is 0 Å². The molecule has 0 bridgehead atoms. The number of amides is 2. The molecule has 0 spiro atoms. The Bertz CT molecular complexity index is 679. The van der Waals surface area contributed by atoms with E-state index in [1.54, 1.807) is 0 Å². The van der Waals surface area contributed by atoms with Crippen molar-refractivity contribution in [2.75, 3.05) is 38.0 Å². The van der Waals surface area contributed by atoms with Gasteiger partial charge in [-0.15, -0.1) is 0 Å². The van der Waals surface area contributed by atoms with Crippen molar-refractivity contribution in [3.63, 3.8) is 0 Å². The van der Waals surface area contributed by atoms with Crippen LogP contribution in [-0.4, -0.2) is 48.6 Å². The smallest absolute Gasteiger partial charge is 0.321 e. The van der Waals surface area contributed by atoms with Crippen molar-refractivity contribution in [2.45, 2.75) is 19.8 Å². The van der Waals surface area contributed by atoms with Crippen LogP contribution in [-0.2, 0) is 6.42 Å². The second-order valence-electron chi connectivity index (χ2n) is 6.72. The molecule has 0 aliphatic carbocycles. The first kappa shape index (κ1) is 17.5. The van der Waals surface area contributed by atoms with Crippen LogP contribution in [0.4, 0.5) is 10.5 Å². The fraction of sp³-hybridized carbons (Fsp3) is 0.381. The van der Waals surface area contributed by atoms with E-state index < -0.39 is 0 Å². The lowest BCUT2D eigenvalue weighted by Gasteiger charge is -2.34. The lowest BCUT2D eigenvalue weighted by Crippen LogP contribution is -2.50. The molecule has 0 unspecified atom stereocenters. The van der Waals surface area contributed by atoms with E-state index in [1.807, 2.05) is 36.1 Å². The van der Waals surface area contributed by atoms with Gasteiger partial charge in [0, 0.05) is 31.9 Å². The number of carbonyl (C=O) groups excluding carboxylic acids is 1. The number of aryl methyl sites for hydroxylation is 2. The molecule has 0 saturated carbocycles. The number of nitrogens with one attached hydrogen (secondary N) is 1. The molecule has 0 aromatic heterocycles. The molecule has 4 nitrogen and oxygen atoms in total. The van der Waals surface area contributed by atoms with Gasteiger partial charge in [-0.2, -0.15) is 0 Å². The second-order valence-corrected chi connectivity index (χ2v) is 6.72. The average Bonchev–Trinajstić information content (AvgIpc) is 2.63. The third-order valence-electron chi connectivity index (χ3n) is 4.71. The maximum absolute atomic E-state index is 12.4. The molecule has 0 atom stereocenters. The van der Waals surface area contributed by atoms with E-state index in [4.69, 9.17) is 0 Å². The summed E-state index contributed by atoms with van der Waals surface area (Å²) in [5, 5.41) is 3.00. The van der Waals surface area contributed by atoms with Gasteiger partial charge < -0.3 is 10.2 Å². The number of anilines is 1. The zero-order valence-corrected chi connectivity index (χ0v) is 14.9. The fourth-order valence-corrected chi connectivity index (χ4v) is 3.25. The average molecular weight is 337 g/mol. The van der Waals surface area contributed by atoms with Gasteiger partial charge in [-0.05, 0) is 49.6 Å². The van der Waals surface area contributed by atoms with Gasteiger partial charge in [0.2, 0.25) is 0 Å². The highest BCUT2D eigenvalue weighted by atomic mass is 16.2. The number of benzene rings is 2. The molecule has 4 heteroatoms. The first-order chi connectivity index (χ1) is 12.2. The van der Waals surface area contributed by atoms with Crippen molar-refractivity contribution in [1.82, 2.24) is 9.80 Å². The van der Waals surface area contributed by atoms with Crippen molar-refractivity contribution in [3.8, 4) is 0 Å². The quantitative estimate of drug-likeness (QED) is 0.901. The summed E-state index contributed by atoms with van der Waals surface area (Å²) in [6.45, 7) is 6.63. The summed E-state index contributed by atoms with van der Waals surface area (Å²) in [5.74, 6) is 0. The molecule has 1 heterocycles. The minimum Gasteiger partial charge on any atom is -0.322 e. The highest BCUT2D eigenvalue weighted by Gasteiger charge is 2.20. The SMILES string of the molecule is Cc1cccc(NC(=O)N2CCN(CCCc3ccccc3)CC2)c1. The number of rotatable bonds is 5. The Hall–Kier alpha value is -2.33. The predicted octanol–water partition coefficient (Wildman–Crippen LogP) is 3.78. The molecule has 3 rings (SSSR count). The van der Waals surface area contributed by atoms with Crippen LogP contribution < -0.4 is 5.32 Å². The summed E-state index contributed by atoms with van der Waals surface area (Å²) in [7, 11) is 0. The predicted molar refractivity (Wildman–Crippen MR) is 103 cm³/mol. The van der Waals surface area contributed by atoms with Gasteiger partial charge in [-0.25, -0.2) is 4.79 Å². The summed E-state index contributed by atoms with van der Waals surface area (Å²) in [4.78, 5) is 16.8. The second kappa shape index (κ2) is 8.67. The molecule has 0 radical (unpaired) electrons. The van der Waals surface area contributed by atoms with Crippen LogP contribution in [0.2, 0.25) is 0 Å². The van der Waals surface area contributed by atoms with Gasteiger partial charge in [-0.3, -0.25) is 4.90 Å². The molecule has 1 aliphatic rings. The van der Waals surface area contributed by atoms with Gasteiger partial charge in [-0.1, -0.05) is 42.5 Å².